The van der Waals surface area contributed by atoms with Gasteiger partial charge in [0.2, 0.25) is 0 Å². The van der Waals surface area contributed by atoms with Gasteiger partial charge in [-0.2, -0.15) is 13.2 Å². The monoisotopic (exact) mass is 456 g/mol. The van der Waals surface area contributed by atoms with Crippen molar-refractivity contribution in [3.63, 3.8) is 0 Å². The lowest BCUT2D eigenvalue weighted by atomic mass is 10.0. The lowest BCUT2D eigenvalue weighted by molar-refractivity contribution is -0.137. The number of rotatable bonds is 6. The number of benzene rings is 3. The van der Waals surface area contributed by atoms with Crippen molar-refractivity contribution < 1.29 is 13.2 Å². The molecule has 0 amide bonds. The Morgan fingerprint density at radius 1 is 0.794 bits per heavy atom. The molecule has 4 aromatic rings. The Kier molecular flexibility index (Phi) is 6.64. The van der Waals surface area contributed by atoms with Crippen LogP contribution in [0.4, 0.5) is 30.2 Å². The molecule has 0 aliphatic rings. The van der Waals surface area contributed by atoms with Crippen LogP contribution in [0, 0.1) is 0 Å². The van der Waals surface area contributed by atoms with Gasteiger partial charge in [-0.1, -0.05) is 49.1 Å². The fourth-order valence-corrected chi connectivity index (χ4v) is 3.71. The Balaban J connectivity index is 1.75. The van der Waals surface area contributed by atoms with Crippen molar-refractivity contribution in [3.05, 3.63) is 127 Å². The first-order chi connectivity index (χ1) is 16.4. The van der Waals surface area contributed by atoms with Crippen LogP contribution < -0.4 is 4.90 Å². The number of alkyl halides is 3. The molecule has 1 aromatic heterocycles. The lowest BCUT2D eigenvalue weighted by Crippen LogP contribution is -2.11. The first-order valence-corrected chi connectivity index (χ1v) is 10.8. The number of anilines is 3. The molecule has 0 bridgehead atoms. The van der Waals surface area contributed by atoms with Crippen molar-refractivity contribution >= 4 is 22.6 Å². The smallest absolute Gasteiger partial charge is 0.311 e. The molecule has 0 radical (unpaired) electrons. The highest BCUT2D eigenvalue weighted by Gasteiger charge is 2.30. The highest BCUT2D eigenvalue weighted by atomic mass is 19.4. The molecule has 170 valence electrons. The molecule has 0 N–H and O–H groups in total. The molecule has 0 saturated carbocycles. The summed E-state index contributed by atoms with van der Waals surface area (Å²) >= 11 is 0. The first-order valence-electron chi connectivity index (χ1n) is 10.8. The van der Waals surface area contributed by atoms with Crippen molar-refractivity contribution in [1.29, 1.82) is 0 Å². The second-order valence-electron chi connectivity index (χ2n) is 7.74. The van der Waals surface area contributed by atoms with Crippen LogP contribution in [0.15, 0.2) is 116 Å². The van der Waals surface area contributed by atoms with Gasteiger partial charge < -0.3 is 4.90 Å². The molecular weight excluding hydrogens is 433 g/mol. The van der Waals surface area contributed by atoms with Gasteiger partial charge in [0, 0.05) is 29.5 Å². The van der Waals surface area contributed by atoms with Crippen molar-refractivity contribution in [2.45, 2.75) is 13.1 Å². The fraction of sp³-hybridized carbons (Fsp3) is 0.0690. The van der Waals surface area contributed by atoms with E-state index in [-0.39, 0.29) is 0 Å². The van der Waals surface area contributed by atoms with E-state index < -0.39 is 11.7 Å². The summed E-state index contributed by atoms with van der Waals surface area (Å²) in [5, 5.41) is 0. The van der Waals surface area contributed by atoms with Gasteiger partial charge in [0.15, 0.2) is 0 Å². The van der Waals surface area contributed by atoms with Gasteiger partial charge in [-0.25, -0.2) is 0 Å². The number of allylic oxidation sites excluding steroid dienone is 3. The van der Waals surface area contributed by atoms with E-state index in [4.69, 9.17) is 0 Å². The summed E-state index contributed by atoms with van der Waals surface area (Å²) in [6.07, 6.45) is 2.98. The van der Waals surface area contributed by atoms with Crippen molar-refractivity contribution in [2.75, 3.05) is 4.90 Å². The minimum absolute atomic E-state index is 0.627. The third-order valence-corrected chi connectivity index (χ3v) is 5.44. The summed E-state index contributed by atoms with van der Waals surface area (Å²) < 4.78 is 39.4. The normalized spacial score (nSPS) is 11.5. The van der Waals surface area contributed by atoms with E-state index in [1.54, 1.807) is 12.4 Å². The minimum Gasteiger partial charge on any atom is -0.311 e. The van der Waals surface area contributed by atoms with E-state index in [0.29, 0.717) is 5.69 Å². The zero-order valence-electron chi connectivity index (χ0n) is 18.6. The predicted octanol–water partition coefficient (Wildman–Crippen LogP) is 8.83. The maximum absolute atomic E-state index is 13.1. The summed E-state index contributed by atoms with van der Waals surface area (Å²) in [4.78, 5) is 6.09. The molecule has 0 aliphatic heterocycles. The van der Waals surface area contributed by atoms with Crippen molar-refractivity contribution in [3.8, 4) is 11.1 Å². The summed E-state index contributed by atoms with van der Waals surface area (Å²) in [7, 11) is 0. The molecule has 0 saturated heterocycles. The number of pyridine rings is 1. The van der Waals surface area contributed by atoms with E-state index in [9.17, 15) is 13.2 Å². The Morgan fingerprint density at radius 2 is 1.35 bits per heavy atom. The first kappa shape index (κ1) is 23.1. The van der Waals surface area contributed by atoms with Gasteiger partial charge in [-0.15, -0.1) is 0 Å². The zero-order chi connectivity index (χ0) is 24.1. The topological polar surface area (TPSA) is 16.1 Å². The molecule has 0 atom stereocenters. The SMILES string of the molecule is C=C(/C=C\C)c1ccc(N(c2ccc(-c3cccnc3)cc2)c2ccc(C(F)(F)F)cc2)cc1. The van der Waals surface area contributed by atoms with E-state index in [1.165, 1.54) is 12.1 Å². The molecule has 3 aromatic carbocycles. The molecule has 2 nitrogen and oxygen atoms in total. The second kappa shape index (κ2) is 9.79. The van der Waals surface area contributed by atoms with Crippen LogP contribution in [0.5, 0.6) is 0 Å². The number of halogens is 3. The van der Waals surface area contributed by atoms with E-state index in [1.807, 2.05) is 84.6 Å². The van der Waals surface area contributed by atoms with Gasteiger partial charge in [-0.3, -0.25) is 4.98 Å². The van der Waals surface area contributed by atoms with E-state index in [2.05, 4.69) is 11.6 Å². The van der Waals surface area contributed by atoms with Crippen LogP contribution in [-0.4, -0.2) is 4.98 Å². The third kappa shape index (κ3) is 5.09. The van der Waals surface area contributed by atoms with Crippen LogP contribution in [-0.2, 0) is 6.18 Å². The van der Waals surface area contributed by atoms with Crippen molar-refractivity contribution in [2.24, 2.45) is 0 Å². The molecule has 34 heavy (non-hydrogen) atoms. The summed E-state index contributed by atoms with van der Waals surface area (Å²) in [5.41, 5.74) is 5.45. The predicted molar refractivity (Wildman–Crippen MR) is 133 cm³/mol. The lowest BCUT2D eigenvalue weighted by Gasteiger charge is -2.26. The molecule has 1 heterocycles. The quantitative estimate of drug-likeness (QED) is 0.269. The molecule has 0 fully saturated rings. The highest BCUT2D eigenvalue weighted by molar-refractivity contribution is 5.80. The molecule has 0 unspecified atom stereocenters. The van der Waals surface area contributed by atoms with E-state index in [0.717, 1.165) is 45.8 Å². The largest absolute Gasteiger partial charge is 0.416 e. The summed E-state index contributed by atoms with van der Waals surface area (Å²) in [6, 6.07) is 24.7. The van der Waals surface area contributed by atoms with Crippen LogP contribution in [0.3, 0.4) is 0 Å². The molecule has 0 spiro atoms. The van der Waals surface area contributed by atoms with Gasteiger partial charge in [0.05, 0.1) is 5.56 Å². The molecule has 0 aliphatic carbocycles. The highest BCUT2D eigenvalue weighted by Crippen LogP contribution is 2.38. The number of aromatic nitrogens is 1. The van der Waals surface area contributed by atoms with Crippen molar-refractivity contribution in [1.82, 2.24) is 4.98 Å². The summed E-state index contributed by atoms with van der Waals surface area (Å²) in [6.45, 7) is 6.00. The number of nitrogens with zero attached hydrogens (tertiary/aromatic N) is 2. The van der Waals surface area contributed by atoms with Crippen LogP contribution >= 0.6 is 0 Å². The second-order valence-corrected chi connectivity index (χ2v) is 7.74. The Morgan fingerprint density at radius 3 is 1.85 bits per heavy atom. The number of hydrogen-bond acceptors (Lipinski definition) is 2. The molecule has 4 rings (SSSR count). The van der Waals surface area contributed by atoms with Crippen LogP contribution in [0.2, 0.25) is 0 Å². The van der Waals surface area contributed by atoms with Gasteiger partial charge in [0.25, 0.3) is 0 Å². The van der Waals surface area contributed by atoms with Crippen LogP contribution in [0.25, 0.3) is 16.7 Å². The maximum Gasteiger partial charge on any atom is 0.416 e. The van der Waals surface area contributed by atoms with Gasteiger partial charge >= 0.3 is 6.18 Å². The summed E-state index contributed by atoms with van der Waals surface area (Å²) in [5.74, 6) is 0. The molecular formula is C29H23F3N2. The Hall–Kier alpha value is -4.12. The maximum atomic E-state index is 13.1. The Labute approximate surface area is 197 Å². The number of hydrogen-bond donors (Lipinski definition) is 0. The zero-order valence-corrected chi connectivity index (χ0v) is 18.6. The average molecular weight is 457 g/mol. The standard InChI is InChI=1S/C29H23F3N2/c1-3-5-21(2)22-7-13-26(14-8-22)34(28-17-11-25(12-18-28)29(30,31)32)27-15-9-23(10-16-27)24-6-4-19-33-20-24/h3-20H,2H2,1H3/b5-3-. The van der Waals surface area contributed by atoms with Crippen LogP contribution in [0.1, 0.15) is 18.1 Å². The van der Waals surface area contributed by atoms with E-state index >= 15 is 0 Å². The minimum atomic E-state index is -4.39. The molecule has 5 heteroatoms. The average Bonchev–Trinajstić information content (AvgIpc) is 2.85. The van der Waals surface area contributed by atoms with Gasteiger partial charge in [0.1, 0.15) is 0 Å². The third-order valence-electron chi connectivity index (χ3n) is 5.44. The Bertz CT molecular complexity index is 1270. The van der Waals surface area contributed by atoms with Gasteiger partial charge in [-0.05, 0) is 83.8 Å². The fourth-order valence-electron chi connectivity index (χ4n) is 3.71.